The highest BCUT2D eigenvalue weighted by Crippen LogP contribution is 2.13. The smallest absolute Gasteiger partial charge is 0.329 e. The van der Waals surface area contributed by atoms with Gasteiger partial charge in [0.2, 0.25) is 0 Å². The molecule has 0 spiro atoms. The molecule has 0 aliphatic rings. The zero-order valence-electron chi connectivity index (χ0n) is 18.9. The van der Waals surface area contributed by atoms with Crippen LogP contribution in [0.15, 0.2) is 0 Å². The van der Waals surface area contributed by atoms with Gasteiger partial charge >= 0.3 is 5.97 Å². The maximum atomic E-state index is 11.5. The molecule has 0 rings (SSSR count). The van der Waals surface area contributed by atoms with Gasteiger partial charge in [-0.2, -0.15) is 4.89 Å². The summed E-state index contributed by atoms with van der Waals surface area (Å²) in [6, 6.07) is 0. The van der Waals surface area contributed by atoms with Crippen molar-refractivity contribution in [3.8, 4) is 0 Å². The molecule has 0 saturated carbocycles. The molecule has 0 saturated heterocycles. The van der Waals surface area contributed by atoms with Gasteiger partial charge in [0.1, 0.15) is 13.2 Å². The maximum absolute atomic E-state index is 11.5. The fourth-order valence-electron chi connectivity index (χ4n) is 3.10. The van der Waals surface area contributed by atoms with E-state index in [9.17, 15) is 4.79 Å². The summed E-state index contributed by atoms with van der Waals surface area (Å²) in [5, 5.41) is 0. The van der Waals surface area contributed by atoms with Gasteiger partial charge < -0.3 is 4.48 Å². The van der Waals surface area contributed by atoms with Gasteiger partial charge in [-0.25, -0.2) is 4.79 Å². The number of hydrogen-bond donors (Lipinski definition) is 0. The van der Waals surface area contributed by atoms with Crippen LogP contribution >= 0.6 is 0 Å². The first-order valence-corrected chi connectivity index (χ1v) is 11.6. The molecule has 162 valence electrons. The normalized spacial score (nSPS) is 11.7. The Labute approximate surface area is 169 Å². The molecular weight excluding hydrogens is 338 g/mol. The van der Waals surface area contributed by atoms with Gasteiger partial charge in [0.15, 0.2) is 0 Å². The molecule has 0 aromatic rings. The summed E-state index contributed by atoms with van der Waals surface area (Å²) in [7, 11) is 6.25. The predicted octanol–water partition coefficient (Wildman–Crippen LogP) is 6.43. The summed E-state index contributed by atoms with van der Waals surface area (Å²) in [6.45, 7) is 3.55. The minimum absolute atomic E-state index is 0.230. The van der Waals surface area contributed by atoms with Crippen LogP contribution in [0.25, 0.3) is 0 Å². The van der Waals surface area contributed by atoms with Crippen molar-refractivity contribution in [3.63, 3.8) is 0 Å². The lowest BCUT2D eigenvalue weighted by atomic mass is 10.0. The number of hydrogen-bond acceptors (Lipinski definition) is 3. The number of carbonyl (C=O) groups is 1. The molecule has 0 N–H and O–H groups in total. The number of carbonyl (C=O) groups excluding carboxylic acids is 1. The molecule has 0 aromatic heterocycles. The summed E-state index contributed by atoms with van der Waals surface area (Å²) >= 11 is 0. The van der Waals surface area contributed by atoms with Gasteiger partial charge in [-0.05, 0) is 6.42 Å². The van der Waals surface area contributed by atoms with Crippen LogP contribution in [0.5, 0.6) is 0 Å². The number of quaternary nitrogens is 1. The van der Waals surface area contributed by atoms with Gasteiger partial charge in [0.05, 0.1) is 21.1 Å². The molecule has 0 unspecified atom stereocenters. The van der Waals surface area contributed by atoms with Crippen molar-refractivity contribution in [2.45, 2.75) is 110 Å². The van der Waals surface area contributed by atoms with Gasteiger partial charge in [-0.3, -0.25) is 4.89 Å². The Bertz CT molecular complexity index is 326. The zero-order chi connectivity index (χ0) is 20.2. The average Bonchev–Trinajstić information content (AvgIpc) is 2.61. The van der Waals surface area contributed by atoms with E-state index in [1.54, 1.807) is 0 Å². The lowest BCUT2D eigenvalue weighted by Crippen LogP contribution is -2.37. The largest absolute Gasteiger partial charge is 0.342 e. The summed E-state index contributed by atoms with van der Waals surface area (Å²) < 4.78 is 0.802. The van der Waals surface area contributed by atoms with E-state index >= 15 is 0 Å². The molecule has 0 fully saturated rings. The first kappa shape index (κ1) is 26.4. The number of likely N-dealkylation sites (N-methyl/N-ethyl adjacent to an activating group) is 1. The van der Waals surface area contributed by atoms with Crippen molar-refractivity contribution in [1.82, 2.24) is 0 Å². The van der Waals surface area contributed by atoms with Gasteiger partial charge in [0.25, 0.3) is 0 Å². The Morgan fingerprint density at radius 1 is 0.667 bits per heavy atom. The Morgan fingerprint density at radius 3 is 1.48 bits per heavy atom. The lowest BCUT2D eigenvalue weighted by Gasteiger charge is -2.22. The van der Waals surface area contributed by atoms with E-state index in [1.807, 2.05) is 0 Å². The Kier molecular flexibility index (Phi) is 18.3. The third-order valence-electron chi connectivity index (χ3n) is 4.98. The maximum Gasteiger partial charge on any atom is 0.342 e. The summed E-state index contributed by atoms with van der Waals surface area (Å²) in [6.07, 6.45) is 20.5. The molecule has 0 radical (unpaired) electrons. The average molecular weight is 387 g/mol. The fourth-order valence-corrected chi connectivity index (χ4v) is 3.10. The summed E-state index contributed by atoms with van der Waals surface area (Å²) in [5.74, 6) is -0.230. The number of unbranched alkanes of at least 4 members (excludes halogenated alkanes) is 14. The van der Waals surface area contributed by atoms with E-state index < -0.39 is 0 Å². The Balaban J connectivity index is 3.17. The van der Waals surface area contributed by atoms with E-state index in [-0.39, 0.29) is 5.97 Å². The molecule has 0 heterocycles. The van der Waals surface area contributed by atoms with Crippen molar-refractivity contribution in [3.05, 3.63) is 0 Å². The number of rotatable bonds is 20. The molecule has 0 bridgehead atoms. The molecule has 0 aliphatic heterocycles. The molecule has 4 nitrogen and oxygen atoms in total. The zero-order valence-corrected chi connectivity index (χ0v) is 18.9. The standard InChI is InChI=1S/C23H48NO3/c1-5-6-7-8-9-10-11-12-13-14-15-16-17-18-19-20-23(25)27-26-22-21-24(2,3)4/h5-22H2,1-4H3/q+1. The van der Waals surface area contributed by atoms with Crippen molar-refractivity contribution in [2.24, 2.45) is 0 Å². The summed E-state index contributed by atoms with van der Waals surface area (Å²) in [4.78, 5) is 21.3. The van der Waals surface area contributed by atoms with Crippen molar-refractivity contribution < 1.29 is 19.1 Å². The summed E-state index contributed by atoms with van der Waals surface area (Å²) in [5.41, 5.74) is 0. The van der Waals surface area contributed by atoms with Crippen molar-refractivity contribution >= 4 is 5.97 Å². The topological polar surface area (TPSA) is 35.5 Å². The van der Waals surface area contributed by atoms with Crippen LogP contribution in [0, 0.1) is 0 Å². The van der Waals surface area contributed by atoms with E-state index in [0.29, 0.717) is 13.0 Å². The van der Waals surface area contributed by atoms with Gasteiger partial charge in [0, 0.05) is 6.42 Å². The Morgan fingerprint density at radius 2 is 1.07 bits per heavy atom. The molecule has 0 aromatic carbocycles. The van der Waals surface area contributed by atoms with Gasteiger partial charge in [-0.15, -0.1) is 0 Å². The van der Waals surface area contributed by atoms with E-state index in [4.69, 9.17) is 9.78 Å². The van der Waals surface area contributed by atoms with Crippen molar-refractivity contribution in [2.75, 3.05) is 34.3 Å². The van der Waals surface area contributed by atoms with E-state index in [1.165, 1.54) is 83.5 Å². The highest BCUT2D eigenvalue weighted by Gasteiger charge is 2.08. The van der Waals surface area contributed by atoms with Crippen LogP contribution in [-0.2, 0) is 14.6 Å². The van der Waals surface area contributed by atoms with E-state index in [0.717, 1.165) is 23.9 Å². The molecule has 0 amide bonds. The van der Waals surface area contributed by atoms with Crippen molar-refractivity contribution in [1.29, 1.82) is 0 Å². The second kappa shape index (κ2) is 18.7. The minimum atomic E-state index is -0.230. The van der Waals surface area contributed by atoms with Gasteiger partial charge in [-0.1, -0.05) is 96.8 Å². The van der Waals surface area contributed by atoms with Crippen LogP contribution < -0.4 is 0 Å². The number of nitrogens with zero attached hydrogens (tertiary/aromatic N) is 1. The third kappa shape index (κ3) is 23.4. The predicted molar refractivity (Wildman–Crippen MR) is 114 cm³/mol. The molecule has 4 heteroatoms. The van der Waals surface area contributed by atoms with Crippen LogP contribution in [0.3, 0.4) is 0 Å². The Hall–Kier alpha value is -0.610. The highest BCUT2D eigenvalue weighted by molar-refractivity contribution is 5.68. The molecule has 0 atom stereocenters. The first-order chi connectivity index (χ1) is 13.0. The molecular formula is C23H48NO3+. The quantitative estimate of drug-likeness (QED) is 0.105. The van der Waals surface area contributed by atoms with Crippen LogP contribution in [0.2, 0.25) is 0 Å². The van der Waals surface area contributed by atoms with Crippen LogP contribution in [0.4, 0.5) is 0 Å². The first-order valence-electron chi connectivity index (χ1n) is 11.6. The second-order valence-corrected chi connectivity index (χ2v) is 8.99. The second-order valence-electron chi connectivity index (χ2n) is 8.99. The lowest BCUT2D eigenvalue weighted by molar-refractivity contribution is -0.871. The van der Waals surface area contributed by atoms with Crippen LogP contribution in [0.1, 0.15) is 110 Å². The monoisotopic (exact) mass is 386 g/mol. The third-order valence-corrected chi connectivity index (χ3v) is 4.98. The van der Waals surface area contributed by atoms with Crippen LogP contribution in [-0.4, -0.2) is 44.7 Å². The van der Waals surface area contributed by atoms with E-state index in [2.05, 4.69) is 28.1 Å². The minimum Gasteiger partial charge on any atom is -0.329 e. The SMILES string of the molecule is CCCCCCCCCCCCCCCCCC(=O)OOCC[N+](C)(C)C. The molecule has 0 aliphatic carbocycles. The molecule has 27 heavy (non-hydrogen) atoms. The highest BCUT2D eigenvalue weighted by atomic mass is 17.2. The fraction of sp³-hybridized carbons (Fsp3) is 0.957.